The summed E-state index contributed by atoms with van der Waals surface area (Å²) in [4.78, 5) is 32.3. The lowest BCUT2D eigenvalue weighted by atomic mass is 10.0. The number of carbonyl (C=O) groups excluding carboxylic acids is 2. The van der Waals surface area contributed by atoms with Gasteiger partial charge >= 0.3 is 6.09 Å². The first-order valence-electron chi connectivity index (χ1n) is 13.5. The summed E-state index contributed by atoms with van der Waals surface area (Å²) in [7, 11) is 1.57. The van der Waals surface area contributed by atoms with Crippen LogP contribution in [0.1, 0.15) is 39.1 Å². The largest absolute Gasteiger partial charge is 0.493 e. The van der Waals surface area contributed by atoms with Crippen molar-refractivity contribution in [3.05, 3.63) is 112 Å². The van der Waals surface area contributed by atoms with Crippen molar-refractivity contribution in [3.8, 4) is 11.5 Å². The predicted molar refractivity (Wildman–Crippen MR) is 160 cm³/mol. The summed E-state index contributed by atoms with van der Waals surface area (Å²) >= 11 is 0. The molecule has 0 aliphatic carbocycles. The van der Waals surface area contributed by atoms with Gasteiger partial charge in [0.05, 0.1) is 19.7 Å². The molecule has 4 rings (SSSR count). The highest BCUT2D eigenvalue weighted by molar-refractivity contribution is 5.87. The van der Waals surface area contributed by atoms with Gasteiger partial charge < -0.3 is 24.5 Å². The molecule has 0 fully saturated rings. The normalized spacial score (nSPS) is 11.6. The number of imidazole rings is 1. The monoisotopic (exact) mass is 569 g/mol. The number of H-pyrrole nitrogens is 1. The molecule has 4 aromatic rings. The number of benzene rings is 3. The summed E-state index contributed by atoms with van der Waals surface area (Å²) in [6, 6.07) is 18.0. The van der Waals surface area contributed by atoms with E-state index < -0.39 is 18.0 Å². The Bertz CT molecular complexity index is 1500. The number of aromatic nitrogens is 2. The third-order valence-corrected chi connectivity index (χ3v) is 6.59. The lowest BCUT2D eigenvalue weighted by Crippen LogP contribution is -2.47. The smallest absolute Gasteiger partial charge is 0.408 e. The fourth-order valence-corrected chi connectivity index (χ4v) is 4.45. The molecule has 3 N–H and O–H groups in total. The first kappa shape index (κ1) is 29.9. The highest BCUT2D eigenvalue weighted by atomic mass is 16.5. The van der Waals surface area contributed by atoms with Crippen molar-refractivity contribution in [1.82, 2.24) is 20.7 Å². The Morgan fingerprint density at radius 2 is 1.76 bits per heavy atom. The summed E-state index contributed by atoms with van der Waals surface area (Å²) in [5.74, 6) is 0.608. The molecule has 0 unspecified atom stereocenters. The molecule has 0 saturated heterocycles. The van der Waals surface area contributed by atoms with Crippen LogP contribution in [0.3, 0.4) is 0 Å². The minimum atomic E-state index is -0.954. The molecule has 0 aliphatic rings. The van der Waals surface area contributed by atoms with Crippen molar-refractivity contribution < 1.29 is 23.8 Å². The number of nitrogens with one attached hydrogen (secondary N) is 3. The fraction of sp³-hybridized carbons (Fsp3) is 0.250. The maximum atomic E-state index is 13.0. The van der Waals surface area contributed by atoms with E-state index >= 15 is 0 Å². The Balaban J connectivity index is 1.37. The van der Waals surface area contributed by atoms with E-state index in [1.807, 2.05) is 36.4 Å². The van der Waals surface area contributed by atoms with Crippen LogP contribution in [-0.4, -0.2) is 41.3 Å². The number of hydrogen-bond donors (Lipinski definition) is 3. The number of carbonyl (C=O) groups is 2. The van der Waals surface area contributed by atoms with Crippen LogP contribution in [0.4, 0.5) is 4.79 Å². The summed E-state index contributed by atoms with van der Waals surface area (Å²) in [6.45, 7) is 6.72. The van der Waals surface area contributed by atoms with Gasteiger partial charge in [-0.15, -0.1) is 0 Å². The molecule has 3 aromatic carbocycles. The van der Waals surface area contributed by atoms with Crippen molar-refractivity contribution >= 4 is 18.2 Å². The van der Waals surface area contributed by atoms with Crippen LogP contribution in [0, 0.1) is 20.8 Å². The third kappa shape index (κ3) is 8.44. The molecule has 42 heavy (non-hydrogen) atoms. The zero-order valence-electron chi connectivity index (χ0n) is 24.1. The number of hydrogen-bond acceptors (Lipinski definition) is 7. The third-order valence-electron chi connectivity index (χ3n) is 6.59. The summed E-state index contributed by atoms with van der Waals surface area (Å²) in [5, 5.41) is 6.69. The van der Waals surface area contributed by atoms with Gasteiger partial charge in [-0.3, -0.25) is 4.79 Å². The first-order valence-corrected chi connectivity index (χ1v) is 13.5. The Kier molecular flexibility index (Phi) is 10.3. The molecule has 0 spiro atoms. The Morgan fingerprint density at radius 3 is 2.45 bits per heavy atom. The molecule has 218 valence electrons. The van der Waals surface area contributed by atoms with Crippen molar-refractivity contribution in [1.29, 1.82) is 0 Å². The maximum absolute atomic E-state index is 13.0. The van der Waals surface area contributed by atoms with E-state index in [4.69, 9.17) is 14.2 Å². The van der Waals surface area contributed by atoms with Gasteiger partial charge in [0.2, 0.25) is 0 Å². The molecular formula is C32H35N5O5. The number of amides is 2. The van der Waals surface area contributed by atoms with Gasteiger partial charge in [-0.05, 0) is 66.8 Å². The van der Waals surface area contributed by atoms with Crippen LogP contribution in [-0.2, 0) is 29.2 Å². The molecular weight excluding hydrogens is 534 g/mol. The molecule has 0 radical (unpaired) electrons. The van der Waals surface area contributed by atoms with Gasteiger partial charge in [-0.2, -0.15) is 5.10 Å². The number of hydrazone groups is 1. The summed E-state index contributed by atoms with van der Waals surface area (Å²) in [5.41, 5.74) is 9.38. The average molecular weight is 570 g/mol. The minimum Gasteiger partial charge on any atom is -0.493 e. The number of rotatable bonds is 12. The highest BCUT2D eigenvalue weighted by Crippen LogP contribution is 2.29. The van der Waals surface area contributed by atoms with Crippen molar-refractivity contribution in [2.45, 2.75) is 46.4 Å². The summed E-state index contributed by atoms with van der Waals surface area (Å²) < 4.78 is 16.9. The quantitative estimate of drug-likeness (QED) is 0.164. The molecule has 0 saturated carbocycles. The van der Waals surface area contributed by atoms with Crippen LogP contribution in [0.25, 0.3) is 0 Å². The van der Waals surface area contributed by atoms with Crippen LogP contribution < -0.4 is 20.2 Å². The molecule has 2 amide bonds. The molecule has 1 atom stereocenters. The van der Waals surface area contributed by atoms with Gasteiger partial charge in [0.25, 0.3) is 5.91 Å². The van der Waals surface area contributed by atoms with E-state index in [9.17, 15) is 9.59 Å². The van der Waals surface area contributed by atoms with E-state index in [1.54, 1.807) is 25.4 Å². The molecule has 1 aromatic heterocycles. The molecule has 1 heterocycles. The second kappa shape index (κ2) is 14.5. The maximum Gasteiger partial charge on any atom is 0.408 e. The number of aryl methyl sites for hydroxylation is 3. The Labute approximate surface area is 245 Å². The predicted octanol–water partition coefficient (Wildman–Crippen LogP) is 4.91. The zero-order chi connectivity index (χ0) is 29.9. The second-order valence-electron chi connectivity index (χ2n) is 9.85. The average Bonchev–Trinajstić information content (AvgIpc) is 3.49. The SMILES string of the molecule is COc1cc(/C=N\NC(=O)[C@H](Cc2cnc[nH]2)NC(=O)OCc2ccccc2)ccc1OCc1c(C)cc(C)cc1C. The van der Waals surface area contributed by atoms with E-state index in [1.165, 1.54) is 29.2 Å². The lowest BCUT2D eigenvalue weighted by Gasteiger charge is -2.16. The van der Waals surface area contributed by atoms with Crippen LogP contribution in [0.5, 0.6) is 11.5 Å². The molecule has 10 nitrogen and oxygen atoms in total. The molecule has 0 bridgehead atoms. The van der Waals surface area contributed by atoms with Crippen LogP contribution in [0.15, 0.2) is 78.3 Å². The number of ether oxygens (including phenoxy) is 3. The Hall–Kier alpha value is -5.12. The minimum absolute atomic E-state index is 0.0784. The van der Waals surface area contributed by atoms with Crippen molar-refractivity contribution in [2.75, 3.05) is 7.11 Å². The van der Waals surface area contributed by atoms with Crippen LogP contribution >= 0.6 is 0 Å². The number of methoxy groups -OCH3 is 1. The van der Waals surface area contributed by atoms with Crippen LogP contribution in [0.2, 0.25) is 0 Å². The lowest BCUT2D eigenvalue weighted by molar-refractivity contribution is -0.123. The topological polar surface area (TPSA) is 127 Å². The van der Waals surface area contributed by atoms with E-state index in [-0.39, 0.29) is 13.0 Å². The van der Waals surface area contributed by atoms with Gasteiger partial charge in [-0.25, -0.2) is 15.2 Å². The number of aromatic amines is 1. The van der Waals surface area contributed by atoms with E-state index in [0.717, 1.165) is 11.1 Å². The first-order chi connectivity index (χ1) is 20.3. The summed E-state index contributed by atoms with van der Waals surface area (Å²) in [6.07, 6.45) is 4.01. The number of alkyl carbamates (subject to hydrolysis) is 1. The van der Waals surface area contributed by atoms with Gasteiger partial charge in [0, 0.05) is 18.3 Å². The number of nitrogens with zero attached hydrogens (tertiary/aromatic N) is 2. The van der Waals surface area contributed by atoms with E-state index in [0.29, 0.717) is 29.4 Å². The molecule has 0 aliphatic heterocycles. The van der Waals surface area contributed by atoms with Gasteiger partial charge in [-0.1, -0.05) is 48.0 Å². The molecule has 10 heteroatoms. The standard InChI is InChI=1S/C32H35N5O5/c1-21-12-22(2)27(23(3)13-21)19-41-29-11-10-25(14-30(29)40-4)16-35-37-31(38)28(15-26-17-33-20-34-26)36-32(39)42-18-24-8-6-5-7-9-24/h5-14,16-17,20,28H,15,18-19H2,1-4H3,(H,33,34)(H,36,39)(H,37,38)/b35-16-/t28-/m0/s1. The van der Waals surface area contributed by atoms with Gasteiger partial charge in [0.1, 0.15) is 19.3 Å². The van der Waals surface area contributed by atoms with Crippen molar-refractivity contribution in [2.24, 2.45) is 5.10 Å². The zero-order valence-corrected chi connectivity index (χ0v) is 24.1. The van der Waals surface area contributed by atoms with Crippen molar-refractivity contribution in [3.63, 3.8) is 0 Å². The second-order valence-corrected chi connectivity index (χ2v) is 9.85. The van der Waals surface area contributed by atoms with E-state index in [2.05, 4.69) is 58.7 Å². The fourth-order valence-electron chi connectivity index (χ4n) is 4.45. The van der Waals surface area contributed by atoms with Gasteiger partial charge in [0.15, 0.2) is 11.5 Å². The highest BCUT2D eigenvalue weighted by Gasteiger charge is 2.22. The Morgan fingerprint density at radius 1 is 1.00 bits per heavy atom.